The number of hydrogen-bond donors (Lipinski definition) is 0. The number of halogens is 1. The summed E-state index contributed by atoms with van der Waals surface area (Å²) in [6.07, 6.45) is 2.81. The fourth-order valence-corrected chi connectivity index (χ4v) is 4.38. The zero-order valence-corrected chi connectivity index (χ0v) is 11.6. The smallest absolute Gasteiger partial charge is 0.306 e. The standard InChI is InChI=1S/C12H19FO4S/c1-11(2)4-3-5-12(8-11)6-10(14)17-9(12)7-18(13,15)16/h9H,3-8H2,1-2H3. The molecule has 1 saturated heterocycles. The molecule has 4 nitrogen and oxygen atoms in total. The van der Waals surface area contributed by atoms with Crippen molar-refractivity contribution in [2.45, 2.75) is 52.1 Å². The van der Waals surface area contributed by atoms with Crippen LogP contribution < -0.4 is 0 Å². The average molecular weight is 278 g/mol. The lowest BCUT2D eigenvalue weighted by Crippen LogP contribution is -2.42. The molecule has 0 N–H and O–H groups in total. The highest BCUT2D eigenvalue weighted by molar-refractivity contribution is 7.86. The first-order valence-electron chi connectivity index (χ1n) is 6.24. The second-order valence-corrected chi connectivity index (χ2v) is 7.83. The molecular formula is C12H19FO4S. The van der Waals surface area contributed by atoms with E-state index in [1.54, 1.807) is 0 Å². The molecule has 0 aromatic heterocycles. The van der Waals surface area contributed by atoms with Crippen molar-refractivity contribution in [3.8, 4) is 0 Å². The Morgan fingerprint density at radius 3 is 2.61 bits per heavy atom. The van der Waals surface area contributed by atoms with E-state index in [1.807, 2.05) is 0 Å². The van der Waals surface area contributed by atoms with Crippen molar-refractivity contribution in [3.05, 3.63) is 0 Å². The molecule has 0 aromatic rings. The Kier molecular flexibility index (Phi) is 3.20. The van der Waals surface area contributed by atoms with Crippen LogP contribution >= 0.6 is 0 Å². The van der Waals surface area contributed by atoms with Crippen LogP contribution in [0.3, 0.4) is 0 Å². The van der Waals surface area contributed by atoms with E-state index >= 15 is 0 Å². The van der Waals surface area contributed by atoms with Crippen LogP contribution in [0, 0.1) is 10.8 Å². The average Bonchev–Trinajstić information content (AvgIpc) is 2.36. The van der Waals surface area contributed by atoms with Crippen LogP contribution in [0.4, 0.5) is 3.89 Å². The molecule has 2 rings (SSSR count). The molecule has 1 heterocycles. The molecule has 6 heteroatoms. The van der Waals surface area contributed by atoms with Crippen LogP contribution in [0.2, 0.25) is 0 Å². The predicted molar refractivity (Wildman–Crippen MR) is 64.1 cm³/mol. The summed E-state index contributed by atoms with van der Waals surface area (Å²) in [7, 11) is -4.62. The van der Waals surface area contributed by atoms with Gasteiger partial charge in [-0.05, 0) is 24.7 Å². The lowest BCUT2D eigenvalue weighted by atomic mass is 9.61. The van der Waals surface area contributed by atoms with Crippen molar-refractivity contribution < 1.29 is 21.8 Å². The highest BCUT2D eigenvalue weighted by Gasteiger charge is 2.54. The van der Waals surface area contributed by atoms with Crippen molar-refractivity contribution in [2.24, 2.45) is 10.8 Å². The van der Waals surface area contributed by atoms with Gasteiger partial charge in [-0.15, -0.1) is 3.89 Å². The van der Waals surface area contributed by atoms with E-state index in [0.717, 1.165) is 19.3 Å². The Morgan fingerprint density at radius 1 is 1.39 bits per heavy atom. The zero-order valence-electron chi connectivity index (χ0n) is 10.7. The minimum Gasteiger partial charge on any atom is -0.461 e. The van der Waals surface area contributed by atoms with E-state index in [2.05, 4.69) is 13.8 Å². The van der Waals surface area contributed by atoms with Crippen LogP contribution in [0.25, 0.3) is 0 Å². The molecule has 1 spiro atoms. The number of ether oxygens (including phenoxy) is 1. The van der Waals surface area contributed by atoms with Gasteiger partial charge in [-0.3, -0.25) is 4.79 Å². The van der Waals surface area contributed by atoms with E-state index in [1.165, 1.54) is 0 Å². The van der Waals surface area contributed by atoms with E-state index in [0.29, 0.717) is 6.42 Å². The highest BCUT2D eigenvalue weighted by Crippen LogP contribution is 2.53. The molecule has 2 aliphatic rings. The summed E-state index contributed by atoms with van der Waals surface area (Å²) in [6, 6.07) is 0. The lowest BCUT2D eigenvalue weighted by Gasteiger charge is -2.43. The number of cyclic esters (lactones) is 1. The quantitative estimate of drug-likeness (QED) is 0.574. The van der Waals surface area contributed by atoms with Gasteiger partial charge < -0.3 is 4.74 Å². The monoisotopic (exact) mass is 278 g/mol. The predicted octanol–water partition coefficient (Wildman–Crippen LogP) is 2.19. The third-order valence-electron chi connectivity index (χ3n) is 4.16. The lowest BCUT2D eigenvalue weighted by molar-refractivity contribution is -0.141. The number of carbonyl (C=O) groups is 1. The van der Waals surface area contributed by atoms with Crippen molar-refractivity contribution in [3.63, 3.8) is 0 Å². The van der Waals surface area contributed by atoms with Crippen molar-refractivity contribution in [1.82, 2.24) is 0 Å². The summed E-state index contributed by atoms with van der Waals surface area (Å²) in [4.78, 5) is 11.5. The molecule has 2 atom stereocenters. The molecule has 1 aliphatic carbocycles. The van der Waals surface area contributed by atoms with Crippen molar-refractivity contribution in [1.29, 1.82) is 0 Å². The van der Waals surface area contributed by atoms with Crippen LogP contribution in [0.1, 0.15) is 46.0 Å². The van der Waals surface area contributed by atoms with Gasteiger partial charge in [0, 0.05) is 5.41 Å². The first-order chi connectivity index (χ1) is 8.12. The van der Waals surface area contributed by atoms with Crippen LogP contribution in [-0.4, -0.2) is 26.2 Å². The fraction of sp³-hybridized carbons (Fsp3) is 0.917. The normalized spacial score (nSPS) is 35.7. The third-order valence-corrected chi connectivity index (χ3v) is 4.86. The molecule has 2 unspecified atom stereocenters. The van der Waals surface area contributed by atoms with Crippen molar-refractivity contribution >= 4 is 16.2 Å². The molecule has 0 aromatic carbocycles. The van der Waals surface area contributed by atoms with Gasteiger partial charge in [0.05, 0.1) is 6.42 Å². The summed E-state index contributed by atoms with van der Waals surface area (Å²) >= 11 is 0. The Labute approximate surface area is 107 Å². The maximum atomic E-state index is 12.9. The first-order valence-corrected chi connectivity index (χ1v) is 7.79. The van der Waals surface area contributed by atoms with Crippen LogP contribution in [-0.2, 0) is 19.8 Å². The summed E-state index contributed by atoms with van der Waals surface area (Å²) in [5, 5.41) is 0. The maximum absolute atomic E-state index is 12.9. The Hall–Kier alpha value is -0.650. The molecular weight excluding hydrogens is 259 g/mol. The van der Waals surface area contributed by atoms with Gasteiger partial charge in [0.25, 0.3) is 0 Å². The second-order valence-electron chi connectivity index (χ2n) is 6.42. The molecule has 1 aliphatic heterocycles. The molecule has 0 radical (unpaired) electrons. The summed E-state index contributed by atoms with van der Waals surface area (Å²) < 4.78 is 39.6. The van der Waals surface area contributed by atoms with Gasteiger partial charge in [-0.1, -0.05) is 20.3 Å². The SMILES string of the molecule is CC1(C)CCCC2(CC(=O)OC2CS(=O)(=O)F)C1. The number of esters is 1. The van der Waals surface area contributed by atoms with Gasteiger partial charge in [0.2, 0.25) is 0 Å². The molecule has 0 bridgehead atoms. The van der Waals surface area contributed by atoms with E-state index in [-0.39, 0.29) is 11.8 Å². The van der Waals surface area contributed by atoms with Gasteiger partial charge in [0.1, 0.15) is 11.9 Å². The minimum absolute atomic E-state index is 0.0462. The number of carbonyl (C=O) groups excluding carboxylic acids is 1. The zero-order chi connectivity index (χ0) is 13.6. The Bertz CT molecular complexity index is 457. The van der Waals surface area contributed by atoms with E-state index in [4.69, 9.17) is 4.74 Å². The summed E-state index contributed by atoms with van der Waals surface area (Å²) in [5.74, 6) is -1.10. The minimum atomic E-state index is -4.62. The van der Waals surface area contributed by atoms with Gasteiger partial charge >= 0.3 is 16.2 Å². The third kappa shape index (κ3) is 2.84. The molecule has 1 saturated carbocycles. The molecule has 0 amide bonds. The Balaban J connectivity index is 2.25. The van der Waals surface area contributed by atoms with E-state index in [9.17, 15) is 17.1 Å². The van der Waals surface area contributed by atoms with Crippen molar-refractivity contribution in [2.75, 3.05) is 5.75 Å². The summed E-state index contributed by atoms with van der Waals surface area (Å²) in [6.45, 7) is 4.19. The summed E-state index contributed by atoms with van der Waals surface area (Å²) in [5.41, 5.74) is -0.442. The maximum Gasteiger partial charge on any atom is 0.306 e. The molecule has 18 heavy (non-hydrogen) atoms. The topological polar surface area (TPSA) is 60.4 Å². The van der Waals surface area contributed by atoms with Gasteiger partial charge in [-0.25, -0.2) is 0 Å². The van der Waals surface area contributed by atoms with Crippen LogP contribution in [0.5, 0.6) is 0 Å². The Morgan fingerprint density at radius 2 is 2.06 bits per heavy atom. The number of hydrogen-bond acceptors (Lipinski definition) is 4. The fourth-order valence-electron chi connectivity index (χ4n) is 3.59. The molecule has 2 fully saturated rings. The molecule has 104 valence electrons. The largest absolute Gasteiger partial charge is 0.461 e. The van der Waals surface area contributed by atoms with Gasteiger partial charge in [-0.2, -0.15) is 8.42 Å². The second kappa shape index (κ2) is 4.18. The van der Waals surface area contributed by atoms with Crippen LogP contribution in [0.15, 0.2) is 0 Å². The number of rotatable bonds is 2. The first kappa shape index (κ1) is 13.8. The van der Waals surface area contributed by atoms with Gasteiger partial charge in [0.15, 0.2) is 0 Å². The van der Waals surface area contributed by atoms with E-state index < -0.39 is 33.5 Å². The highest BCUT2D eigenvalue weighted by atomic mass is 32.3.